The molecule has 1 amide bonds. The van der Waals surface area contributed by atoms with Crippen molar-refractivity contribution in [3.63, 3.8) is 0 Å². The second kappa shape index (κ2) is 8.65. The van der Waals surface area contributed by atoms with Crippen molar-refractivity contribution in [3.8, 4) is 0 Å². The molecule has 6 rings (SSSR count). The van der Waals surface area contributed by atoms with Gasteiger partial charge in [-0.3, -0.25) is 4.79 Å². The molecule has 0 radical (unpaired) electrons. The Hall–Kier alpha value is -2.89. The Kier molecular flexibility index (Phi) is 5.58. The largest absolute Gasteiger partial charge is 0.377 e. The molecule has 4 aromatic rings. The van der Waals surface area contributed by atoms with Gasteiger partial charge >= 0.3 is 0 Å². The maximum absolute atomic E-state index is 13.4. The molecule has 35 heavy (non-hydrogen) atoms. The van der Waals surface area contributed by atoms with Crippen LogP contribution in [0.1, 0.15) is 34.1 Å². The first-order chi connectivity index (χ1) is 16.9. The third-order valence-corrected chi connectivity index (χ3v) is 8.31. The van der Waals surface area contributed by atoms with Crippen molar-refractivity contribution in [2.75, 3.05) is 24.3 Å². The maximum atomic E-state index is 13.4. The number of benzene rings is 4. The second-order valence-electron chi connectivity index (χ2n) is 9.51. The number of carbonyl (C=O) groups excluding carboxylic acids is 1. The van der Waals surface area contributed by atoms with Gasteiger partial charge in [0.25, 0.3) is 0 Å². The fourth-order valence-electron chi connectivity index (χ4n) is 5.72. The van der Waals surface area contributed by atoms with Gasteiger partial charge in [-0.1, -0.05) is 82.2 Å². The monoisotopic (exact) mass is 586 g/mol. The summed E-state index contributed by atoms with van der Waals surface area (Å²) in [4.78, 5) is 15.6. The van der Waals surface area contributed by atoms with E-state index in [0.29, 0.717) is 0 Å². The van der Waals surface area contributed by atoms with Gasteiger partial charge in [0.2, 0.25) is 5.91 Å². The van der Waals surface area contributed by atoms with Gasteiger partial charge in [-0.2, -0.15) is 0 Å². The summed E-state index contributed by atoms with van der Waals surface area (Å²) in [6.07, 6.45) is 3.09. The topological polar surface area (TPSA) is 32.3 Å². The summed E-state index contributed by atoms with van der Waals surface area (Å²) in [6.45, 7) is 0. The number of hydrogen-bond donors (Lipinski definition) is 1. The highest BCUT2D eigenvalue weighted by Crippen LogP contribution is 2.52. The van der Waals surface area contributed by atoms with Crippen LogP contribution in [0.4, 0.5) is 11.4 Å². The predicted octanol–water partition coefficient (Wildman–Crippen LogP) is 7.89. The van der Waals surface area contributed by atoms with E-state index in [1.165, 1.54) is 38.7 Å². The first-order valence-corrected chi connectivity index (χ1v) is 13.3. The summed E-state index contributed by atoms with van der Waals surface area (Å²) in [7, 11) is 4.17. The number of fused-ring (bicyclic) bond motifs is 3. The number of anilines is 2. The zero-order valence-corrected chi connectivity index (χ0v) is 22.7. The van der Waals surface area contributed by atoms with Crippen molar-refractivity contribution in [1.29, 1.82) is 0 Å². The van der Waals surface area contributed by atoms with Crippen LogP contribution in [0.25, 0.3) is 16.8 Å². The molecule has 1 aliphatic carbocycles. The molecule has 3 nitrogen and oxygen atoms in total. The molecule has 0 saturated carbocycles. The molecule has 1 aliphatic heterocycles. The number of rotatable bonds is 4. The lowest BCUT2D eigenvalue weighted by molar-refractivity contribution is -0.117. The summed E-state index contributed by atoms with van der Waals surface area (Å²) >= 11 is 7.27. The Morgan fingerprint density at radius 2 is 1.60 bits per heavy atom. The molecule has 0 spiro atoms. The molecule has 1 heterocycles. The molecule has 2 aliphatic rings. The lowest BCUT2D eigenvalue weighted by Crippen LogP contribution is -2.20. The summed E-state index contributed by atoms with van der Waals surface area (Å²) in [5, 5.41) is 5.66. The molecule has 0 bridgehead atoms. The number of amides is 1. The Balaban J connectivity index is 1.48. The van der Waals surface area contributed by atoms with Crippen LogP contribution < -0.4 is 10.2 Å². The van der Waals surface area contributed by atoms with Crippen LogP contribution in [0.3, 0.4) is 0 Å². The predicted molar refractivity (Wildman–Crippen MR) is 152 cm³/mol. The summed E-state index contributed by atoms with van der Waals surface area (Å²) in [5.74, 6) is -0.235. The third-order valence-electron chi connectivity index (χ3n) is 7.22. The third kappa shape index (κ3) is 3.73. The van der Waals surface area contributed by atoms with E-state index in [2.05, 4.69) is 129 Å². The summed E-state index contributed by atoms with van der Waals surface area (Å²) in [6, 6.07) is 25.6. The number of nitrogens with one attached hydrogen (secondary N) is 1. The molecule has 0 saturated heterocycles. The Labute approximate surface area is 222 Å². The van der Waals surface area contributed by atoms with E-state index in [4.69, 9.17) is 0 Å². The Bertz CT molecular complexity index is 1540. The number of halogens is 2. The summed E-state index contributed by atoms with van der Waals surface area (Å²) < 4.78 is 1.87. The Morgan fingerprint density at radius 3 is 2.40 bits per heavy atom. The first-order valence-electron chi connectivity index (χ1n) is 11.7. The van der Waals surface area contributed by atoms with E-state index in [-0.39, 0.29) is 17.7 Å². The number of carbonyl (C=O) groups is 1. The molecule has 0 fully saturated rings. The Morgan fingerprint density at radius 1 is 0.857 bits per heavy atom. The molecular formula is C30H24Br2N2O. The smallest absolute Gasteiger partial charge is 0.232 e. The second-order valence-corrected chi connectivity index (χ2v) is 11.3. The zero-order chi connectivity index (χ0) is 24.3. The molecular weight excluding hydrogens is 564 g/mol. The highest BCUT2D eigenvalue weighted by atomic mass is 79.9. The highest BCUT2D eigenvalue weighted by molar-refractivity contribution is 9.11. The van der Waals surface area contributed by atoms with E-state index in [1.807, 2.05) is 6.07 Å². The van der Waals surface area contributed by atoms with Gasteiger partial charge < -0.3 is 10.2 Å². The molecule has 2 atom stereocenters. The van der Waals surface area contributed by atoms with Gasteiger partial charge in [0.1, 0.15) is 0 Å². The number of allylic oxidation sites excluding steroid dienone is 1. The van der Waals surface area contributed by atoms with E-state index < -0.39 is 0 Å². The standard InChI is InChI=1S/C30H24Br2N2O/c1-34(2)26-12-11-18(21-8-5-6-10-23(21)26)14-19-13-17-7-3-4-9-22(17)27(19)28-24-15-20(31)16-25(32)29(24)33-30(28)35/h3-13,15-16,27-28H,14H2,1-2H3,(H,33,35). The van der Waals surface area contributed by atoms with Crippen molar-refractivity contribution >= 4 is 66.0 Å². The minimum atomic E-state index is -0.277. The van der Waals surface area contributed by atoms with Crippen molar-refractivity contribution in [2.45, 2.75) is 18.3 Å². The van der Waals surface area contributed by atoms with Crippen LogP contribution in [-0.4, -0.2) is 20.0 Å². The van der Waals surface area contributed by atoms with Crippen LogP contribution in [0.15, 0.2) is 87.3 Å². The lowest BCUT2D eigenvalue weighted by Gasteiger charge is -2.24. The first kappa shape index (κ1) is 22.6. The van der Waals surface area contributed by atoms with Crippen molar-refractivity contribution < 1.29 is 4.79 Å². The van der Waals surface area contributed by atoms with Crippen LogP contribution >= 0.6 is 31.9 Å². The molecule has 5 heteroatoms. The molecule has 1 N–H and O–H groups in total. The maximum Gasteiger partial charge on any atom is 0.232 e. The quantitative estimate of drug-likeness (QED) is 0.263. The van der Waals surface area contributed by atoms with Gasteiger partial charge in [0, 0.05) is 40.0 Å². The van der Waals surface area contributed by atoms with E-state index >= 15 is 0 Å². The minimum absolute atomic E-state index is 0.0130. The summed E-state index contributed by atoms with van der Waals surface area (Å²) in [5.41, 5.74) is 8.12. The van der Waals surface area contributed by atoms with Crippen LogP contribution in [0, 0.1) is 0 Å². The molecule has 2 unspecified atom stereocenters. The zero-order valence-electron chi connectivity index (χ0n) is 19.5. The molecule has 0 aromatic heterocycles. The highest BCUT2D eigenvalue weighted by Gasteiger charge is 2.42. The van der Waals surface area contributed by atoms with E-state index in [9.17, 15) is 4.79 Å². The lowest BCUT2D eigenvalue weighted by atomic mass is 9.78. The SMILES string of the molecule is CN(C)c1ccc(CC2=Cc3ccccc3C2C2C(=O)Nc3c(Br)cc(Br)cc32)c2ccccc12. The van der Waals surface area contributed by atoms with Gasteiger partial charge in [0.05, 0.1) is 11.6 Å². The van der Waals surface area contributed by atoms with E-state index in [1.54, 1.807) is 0 Å². The van der Waals surface area contributed by atoms with Crippen molar-refractivity contribution in [3.05, 3.63) is 110 Å². The normalized spacial score (nSPS) is 18.3. The minimum Gasteiger partial charge on any atom is -0.377 e. The van der Waals surface area contributed by atoms with Gasteiger partial charge in [-0.25, -0.2) is 0 Å². The fourth-order valence-corrected chi connectivity index (χ4v) is 7.08. The molecule has 174 valence electrons. The molecule has 4 aromatic carbocycles. The van der Waals surface area contributed by atoms with Crippen LogP contribution in [-0.2, 0) is 11.2 Å². The fraction of sp³-hybridized carbons (Fsp3) is 0.167. The van der Waals surface area contributed by atoms with Gasteiger partial charge in [-0.15, -0.1) is 0 Å². The van der Waals surface area contributed by atoms with Gasteiger partial charge in [0.15, 0.2) is 0 Å². The van der Waals surface area contributed by atoms with Crippen LogP contribution in [0.2, 0.25) is 0 Å². The number of nitrogens with zero attached hydrogens (tertiary/aromatic N) is 1. The van der Waals surface area contributed by atoms with Gasteiger partial charge in [-0.05, 0) is 68.2 Å². The average Bonchev–Trinajstić information content (AvgIpc) is 3.35. The van der Waals surface area contributed by atoms with Crippen molar-refractivity contribution in [2.24, 2.45) is 0 Å². The van der Waals surface area contributed by atoms with E-state index in [0.717, 1.165) is 26.6 Å². The average molecular weight is 588 g/mol. The van der Waals surface area contributed by atoms with Crippen molar-refractivity contribution in [1.82, 2.24) is 0 Å². The van der Waals surface area contributed by atoms with Crippen LogP contribution in [0.5, 0.6) is 0 Å². The number of hydrogen-bond acceptors (Lipinski definition) is 2.